The molecule has 0 aliphatic rings. The summed E-state index contributed by atoms with van der Waals surface area (Å²) in [6.07, 6.45) is 3.72. The molecule has 6 nitrogen and oxygen atoms in total. The van der Waals surface area contributed by atoms with Gasteiger partial charge in [-0.1, -0.05) is 0 Å². The Morgan fingerprint density at radius 1 is 1.24 bits per heavy atom. The number of nitrogens with one attached hydrogen (secondary N) is 1. The van der Waals surface area contributed by atoms with Gasteiger partial charge in [-0.3, -0.25) is 4.68 Å². The fourth-order valence-corrected chi connectivity index (χ4v) is 1.84. The molecule has 114 valence electrons. The van der Waals surface area contributed by atoms with Gasteiger partial charge in [-0.25, -0.2) is 0 Å². The zero-order valence-corrected chi connectivity index (χ0v) is 12.2. The third-order valence-corrected chi connectivity index (χ3v) is 2.92. The first-order valence-corrected chi connectivity index (χ1v) is 6.89. The van der Waals surface area contributed by atoms with Crippen molar-refractivity contribution in [2.75, 3.05) is 32.2 Å². The molecule has 1 aromatic carbocycles. The molecule has 0 aliphatic carbocycles. The molecular formula is C15H21N3O3. The Balaban J connectivity index is 1.79. The Bertz CT molecular complexity index is 525. The summed E-state index contributed by atoms with van der Waals surface area (Å²) in [7, 11) is 1.65. The van der Waals surface area contributed by atoms with E-state index in [1.165, 1.54) is 0 Å². The maximum absolute atomic E-state index is 8.84. The van der Waals surface area contributed by atoms with Gasteiger partial charge in [0.15, 0.2) is 0 Å². The van der Waals surface area contributed by atoms with Crippen molar-refractivity contribution in [3.05, 3.63) is 42.2 Å². The minimum atomic E-state index is 0.0963. The summed E-state index contributed by atoms with van der Waals surface area (Å²) in [5, 5.41) is 16.3. The normalized spacial score (nSPS) is 10.6. The number of aliphatic hydroxyl groups is 1. The summed E-state index contributed by atoms with van der Waals surface area (Å²) in [6, 6.07) is 7.79. The van der Waals surface area contributed by atoms with E-state index in [2.05, 4.69) is 10.4 Å². The minimum absolute atomic E-state index is 0.0963. The number of aromatic nitrogens is 2. The topological polar surface area (TPSA) is 68.5 Å². The van der Waals surface area contributed by atoms with Gasteiger partial charge in [-0.15, -0.1) is 0 Å². The predicted molar refractivity (Wildman–Crippen MR) is 80.5 cm³/mol. The second-order valence-corrected chi connectivity index (χ2v) is 4.55. The van der Waals surface area contributed by atoms with Crippen LogP contribution in [0.3, 0.4) is 0 Å². The lowest BCUT2D eigenvalue weighted by Crippen LogP contribution is -2.04. The smallest absolute Gasteiger partial charge is 0.119 e. The average molecular weight is 291 g/mol. The Hall–Kier alpha value is -2.05. The molecule has 0 unspecified atom stereocenters. The molecule has 21 heavy (non-hydrogen) atoms. The monoisotopic (exact) mass is 291 g/mol. The SMILES string of the molecule is COCCOc1ccc(NCc2cnn(CCO)c2)cc1. The molecule has 1 heterocycles. The molecular weight excluding hydrogens is 270 g/mol. The van der Waals surface area contributed by atoms with Crippen molar-refractivity contribution >= 4 is 5.69 Å². The summed E-state index contributed by atoms with van der Waals surface area (Å²) in [4.78, 5) is 0. The first-order valence-electron chi connectivity index (χ1n) is 6.89. The zero-order valence-electron chi connectivity index (χ0n) is 12.2. The lowest BCUT2D eigenvalue weighted by molar-refractivity contribution is 0.146. The highest BCUT2D eigenvalue weighted by Crippen LogP contribution is 2.16. The van der Waals surface area contributed by atoms with Crippen molar-refractivity contribution in [1.29, 1.82) is 0 Å². The van der Waals surface area contributed by atoms with Crippen LogP contribution in [0.5, 0.6) is 5.75 Å². The molecule has 0 aliphatic heterocycles. The minimum Gasteiger partial charge on any atom is -0.491 e. The predicted octanol–water partition coefficient (Wildman–Crippen LogP) is 1.51. The quantitative estimate of drug-likeness (QED) is 0.686. The molecule has 0 saturated carbocycles. The van der Waals surface area contributed by atoms with Gasteiger partial charge < -0.3 is 19.9 Å². The number of rotatable bonds is 9. The number of nitrogens with zero attached hydrogens (tertiary/aromatic N) is 2. The molecule has 0 fully saturated rings. The molecule has 0 radical (unpaired) electrons. The standard InChI is InChI=1S/C15H21N3O3/c1-20-8-9-21-15-4-2-14(3-5-15)16-10-13-11-17-18(12-13)6-7-19/h2-5,11-12,16,19H,6-10H2,1H3. The van der Waals surface area contributed by atoms with Crippen LogP contribution in [0.15, 0.2) is 36.7 Å². The lowest BCUT2D eigenvalue weighted by Gasteiger charge is -2.08. The highest BCUT2D eigenvalue weighted by molar-refractivity contribution is 5.46. The highest BCUT2D eigenvalue weighted by Gasteiger charge is 1.99. The van der Waals surface area contributed by atoms with E-state index in [0.717, 1.165) is 17.0 Å². The number of benzene rings is 1. The third-order valence-electron chi connectivity index (χ3n) is 2.92. The van der Waals surface area contributed by atoms with Gasteiger partial charge in [0, 0.05) is 31.1 Å². The van der Waals surface area contributed by atoms with Gasteiger partial charge >= 0.3 is 0 Å². The zero-order chi connectivity index (χ0) is 14.9. The van der Waals surface area contributed by atoms with Crippen molar-refractivity contribution in [1.82, 2.24) is 9.78 Å². The first kappa shape index (κ1) is 15.3. The molecule has 0 bridgehead atoms. The van der Waals surface area contributed by atoms with Crippen LogP contribution in [0.1, 0.15) is 5.56 Å². The second kappa shape index (κ2) is 8.28. The van der Waals surface area contributed by atoms with Crippen LogP contribution in [0, 0.1) is 0 Å². The maximum atomic E-state index is 8.84. The fraction of sp³-hybridized carbons (Fsp3) is 0.400. The molecule has 0 saturated heterocycles. The van der Waals surface area contributed by atoms with Crippen molar-refractivity contribution in [3.63, 3.8) is 0 Å². The van der Waals surface area contributed by atoms with Crippen molar-refractivity contribution in [2.45, 2.75) is 13.1 Å². The van der Waals surface area contributed by atoms with E-state index in [-0.39, 0.29) is 6.61 Å². The van der Waals surface area contributed by atoms with Gasteiger partial charge in [0.05, 0.1) is 26.0 Å². The Labute approximate surface area is 124 Å². The Morgan fingerprint density at radius 2 is 2.05 bits per heavy atom. The first-order chi connectivity index (χ1) is 10.3. The molecule has 0 amide bonds. The van der Waals surface area contributed by atoms with E-state index >= 15 is 0 Å². The molecule has 1 aromatic heterocycles. The number of hydrogen-bond acceptors (Lipinski definition) is 5. The molecule has 2 aromatic rings. The van der Waals surface area contributed by atoms with Gasteiger partial charge in [-0.2, -0.15) is 5.10 Å². The number of methoxy groups -OCH3 is 1. The van der Waals surface area contributed by atoms with Crippen LogP contribution < -0.4 is 10.1 Å². The number of hydrogen-bond donors (Lipinski definition) is 2. The molecule has 2 rings (SSSR count). The summed E-state index contributed by atoms with van der Waals surface area (Å²) in [5.74, 6) is 0.827. The van der Waals surface area contributed by atoms with Gasteiger partial charge in [0.1, 0.15) is 12.4 Å². The summed E-state index contributed by atoms with van der Waals surface area (Å²) >= 11 is 0. The fourth-order valence-electron chi connectivity index (χ4n) is 1.84. The number of aliphatic hydroxyl groups excluding tert-OH is 1. The second-order valence-electron chi connectivity index (χ2n) is 4.55. The maximum Gasteiger partial charge on any atom is 0.119 e. The highest BCUT2D eigenvalue weighted by atomic mass is 16.5. The van der Waals surface area contributed by atoms with Crippen LogP contribution >= 0.6 is 0 Å². The number of ether oxygens (including phenoxy) is 2. The largest absolute Gasteiger partial charge is 0.491 e. The van der Waals surface area contributed by atoms with E-state index in [4.69, 9.17) is 14.6 Å². The van der Waals surface area contributed by atoms with E-state index < -0.39 is 0 Å². The lowest BCUT2D eigenvalue weighted by atomic mass is 10.3. The van der Waals surface area contributed by atoms with Gasteiger partial charge in [0.2, 0.25) is 0 Å². The molecule has 0 spiro atoms. The third kappa shape index (κ3) is 5.09. The molecule has 0 atom stereocenters. The summed E-state index contributed by atoms with van der Waals surface area (Å²) in [6.45, 7) is 2.44. The van der Waals surface area contributed by atoms with Crippen molar-refractivity contribution in [3.8, 4) is 5.75 Å². The summed E-state index contributed by atoms with van der Waals surface area (Å²) in [5.41, 5.74) is 2.09. The van der Waals surface area contributed by atoms with Gasteiger partial charge in [-0.05, 0) is 24.3 Å². The van der Waals surface area contributed by atoms with Crippen molar-refractivity contribution < 1.29 is 14.6 Å². The van der Waals surface area contributed by atoms with Crippen LogP contribution in [0.2, 0.25) is 0 Å². The summed E-state index contributed by atoms with van der Waals surface area (Å²) < 4.78 is 12.2. The van der Waals surface area contributed by atoms with E-state index in [1.54, 1.807) is 18.0 Å². The molecule has 2 N–H and O–H groups in total. The van der Waals surface area contributed by atoms with Gasteiger partial charge in [0.25, 0.3) is 0 Å². The molecule has 6 heteroatoms. The van der Waals surface area contributed by atoms with Crippen LogP contribution in [0.4, 0.5) is 5.69 Å². The van der Waals surface area contributed by atoms with Crippen LogP contribution in [-0.2, 0) is 17.8 Å². The van der Waals surface area contributed by atoms with E-state index in [1.807, 2.05) is 30.5 Å². The Morgan fingerprint density at radius 3 is 2.76 bits per heavy atom. The number of anilines is 1. The average Bonchev–Trinajstić information content (AvgIpc) is 2.95. The Kier molecular flexibility index (Phi) is 6.05. The van der Waals surface area contributed by atoms with E-state index in [0.29, 0.717) is 26.3 Å². The van der Waals surface area contributed by atoms with Crippen LogP contribution in [-0.4, -0.2) is 41.8 Å². The van der Waals surface area contributed by atoms with E-state index in [9.17, 15) is 0 Å². The van der Waals surface area contributed by atoms with Crippen LogP contribution in [0.25, 0.3) is 0 Å². The van der Waals surface area contributed by atoms with Crippen molar-refractivity contribution in [2.24, 2.45) is 0 Å².